The van der Waals surface area contributed by atoms with Gasteiger partial charge in [0.15, 0.2) is 17.5 Å². The summed E-state index contributed by atoms with van der Waals surface area (Å²) < 4.78 is 28.6. The van der Waals surface area contributed by atoms with Crippen LogP contribution in [0.25, 0.3) is 0 Å². The fraction of sp³-hybridized carbons (Fsp3) is 0.111. The number of nitro groups is 1. The molecule has 0 fully saturated rings. The number of nitrogens with zero attached hydrogens (tertiary/aromatic N) is 2. The number of thioether (sulfide) groups is 1. The lowest BCUT2D eigenvalue weighted by molar-refractivity contribution is -0.697. The van der Waals surface area contributed by atoms with Crippen LogP contribution in [0.3, 0.4) is 0 Å². The van der Waals surface area contributed by atoms with Gasteiger partial charge in [0.1, 0.15) is 12.1 Å². The Hall–Kier alpha value is -5.66. The van der Waals surface area contributed by atoms with E-state index in [2.05, 4.69) is 15.2 Å². The van der Waals surface area contributed by atoms with E-state index in [-0.39, 0.29) is 31.8 Å². The highest BCUT2D eigenvalue weighted by Gasteiger charge is 2.21. The van der Waals surface area contributed by atoms with Crippen molar-refractivity contribution in [2.75, 3.05) is 10.6 Å². The number of hydrogen-bond acceptors (Lipinski definition) is 8. The third-order valence-corrected chi connectivity index (χ3v) is 10.2. The number of nitrogens with one attached hydrogen (secondary N) is 2. The van der Waals surface area contributed by atoms with Crippen molar-refractivity contribution in [1.82, 2.24) is 0 Å². The molecule has 0 unspecified atom stereocenters. The van der Waals surface area contributed by atoms with Crippen LogP contribution in [0.1, 0.15) is 40.0 Å². The van der Waals surface area contributed by atoms with Crippen LogP contribution in [0.4, 0.5) is 17.1 Å². The summed E-state index contributed by atoms with van der Waals surface area (Å²) in [4.78, 5) is 49.5. The minimum Gasteiger partial charge on any atom is -0.322 e. The Balaban J connectivity index is 1.18. The number of rotatable bonds is 13. The van der Waals surface area contributed by atoms with Crippen molar-refractivity contribution in [3.05, 3.63) is 149 Å². The minimum absolute atomic E-state index is 0.0191. The van der Waals surface area contributed by atoms with Gasteiger partial charge in [-0.1, -0.05) is 42.1 Å². The molecule has 0 saturated heterocycles. The zero-order valence-electron chi connectivity index (χ0n) is 26.0. The molecule has 0 aliphatic carbocycles. The van der Waals surface area contributed by atoms with Gasteiger partial charge in [0.2, 0.25) is 9.84 Å². The van der Waals surface area contributed by atoms with Crippen LogP contribution in [0, 0.1) is 10.1 Å². The maximum absolute atomic E-state index is 13.3. The largest absolute Gasteiger partial charge is 0.322 e. The number of carbonyl (C=O) groups is 3. The molecule has 0 spiro atoms. The maximum atomic E-state index is 13.3. The zero-order valence-corrected chi connectivity index (χ0v) is 27.7. The normalized spacial score (nSPS) is 11.0. The molecule has 5 rings (SSSR count). The van der Waals surface area contributed by atoms with E-state index in [4.69, 9.17) is 0 Å². The van der Waals surface area contributed by atoms with Gasteiger partial charge in [-0.15, -0.1) is 0 Å². The molecule has 13 heteroatoms. The zero-order chi connectivity index (χ0) is 34.8. The number of pyridine rings is 1. The number of unbranched alkanes of at least 4 members (excludes halogenated alkanes) is 1. The molecule has 4 aromatic carbocycles. The third kappa shape index (κ3) is 9.03. The van der Waals surface area contributed by atoms with Crippen molar-refractivity contribution in [3.63, 3.8) is 0 Å². The highest BCUT2D eigenvalue weighted by atomic mass is 32.2. The fourth-order valence-electron chi connectivity index (χ4n) is 4.86. The summed E-state index contributed by atoms with van der Waals surface area (Å²) in [6.45, 7) is 0.814. The summed E-state index contributed by atoms with van der Waals surface area (Å²) in [5, 5.41) is 16.5. The SMILES string of the molecule is O=C(CCCC[n+]1ccccc1)Sc1ccccc1C(=O)Nc1ccc(S(=O)(=O)c2ccc(NC(=O)c3ccccc3[N+](=O)[O-])cc2)cc1. The van der Waals surface area contributed by atoms with Gasteiger partial charge in [-0.2, -0.15) is 0 Å². The number of benzene rings is 4. The monoisotopic (exact) mass is 695 g/mol. The van der Waals surface area contributed by atoms with Crippen LogP contribution in [-0.2, 0) is 21.2 Å². The first-order chi connectivity index (χ1) is 23.6. The highest BCUT2D eigenvalue weighted by molar-refractivity contribution is 8.13. The molecule has 0 aliphatic heterocycles. The predicted molar refractivity (Wildman–Crippen MR) is 185 cm³/mol. The van der Waals surface area contributed by atoms with Crippen molar-refractivity contribution >= 4 is 55.6 Å². The summed E-state index contributed by atoms with van der Waals surface area (Å²) in [5.41, 5.74) is 0.462. The molecular weight excluding hydrogens is 665 g/mol. The van der Waals surface area contributed by atoms with Crippen molar-refractivity contribution in [3.8, 4) is 0 Å². The molecule has 248 valence electrons. The smallest absolute Gasteiger partial charge is 0.282 e. The number of anilines is 2. The van der Waals surface area contributed by atoms with E-state index in [1.807, 2.05) is 30.6 Å². The second-order valence-electron chi connectivity index (χ2n) is 10.8. The first kappa shape index (κ1) is 34.7. The van der Waals surface area contributed by atoms with Crippen LogP contribution < -0.4 is 15.2 Å². The molecule has 0 aliphatic rings. The molecule has 1 heterocycles. The van der Waals surface area contributed by atoms with Gasteiger partial charge >= 0.3 is 0 Å². The molecule has 1 aromatic heterocycles. The summed E-state index contributed by atoms with van der Waals surface area (Å²) in [6.07, 6.45) is 5.91. The number of amides is 2. The van der Waals surface area contributed by atoms with Crippen LogP contribution in [0.5, 0.6) is 0 Å². The number of aromatic nitrogens is 1. The number of hydrogen-bond donors (Lipinski definition) is 2. The van der Waals surface area contributed by atoms with E-state index < -0.39 is 26.6 Å². The minimum atomic E-state index is -3.95. The molecule has 2 N–H and O–H groups in total. The van der Waals surface area contributed by atoms with Crippen molar-refractivity contribution < 1.29 is 32.3 Å². The first-order valence-electron chi connectivity index (χ1n) is 15.2. The number of para-hydroxylation sites is 1. The number of sulfone groups is 1. The third-order valence-electron chi connectivity index (χ3n) is 7.37. The Bertz CT molecular complexity index is 2090. The van der Waals surface area contributed by atoms with E-state index in [1.165, 1.54) is 72.8 Å². The number of nitro benzene ring substituents is 1. The predicted octanol–water partition coefficient (Wildman–Crippen LogP) is 6.71. The van der Waals surface area contributed by atoms with Gasteiger partial charge in [0.05, 0.1) is 20.3 Å². The second kappa shape index (κ2) is 16.0. The Morgan fingerprint density at radius 1 is 0.673 bits per heavy atom. The Morgan fingerprint density at radius 2 is 1.20 bits per heavy atom. The lowest BCUT2D eigenvalue weighted by Gasteiger charge is -2.11. The van der Waals surface area contributed by atoms with Gasteiger partial charge in [0, 0.05) is 47.3 Å². The van der Waals surface area contributed by atoms with E-state index in [1.54, 1.807) is 24.3 Å². The van der Waals surface area contributed by atoms with Gasteiger partial charge in [-0.25, -0.2) is 13.0 Å². The molecule has 0 bridgehead atoms. The topological polar surface area (TPSA) is 156 Å². The van der Waals surface area contributed by atoms with Crippen LogP contribution in [0.15, 0.2) is 142 Å². The summed E-state index contributed by atoms with van der Waals surface area (Å²) >= 11 is 1.03. The average Bonchev–Trinajstić information content (AvgIpc) is 3.11. The highest BCUT2D eigenvalue weighted by Crippen LogP contribution is 2.28. The first-order valence-corrected chi connectivity index (χ1v) is 17.5. The van der Waals surface area contributed by atoms with Gasteiger partial charge in [-0.05, 0) is 73.2 Å². The van der Waals surface area contributed by atoms with Gasteiger partial charge in [-0.3, -0.25) is 24.5 Å². The molecule has 5 aromatic rings. The summed E-state index contributed by atoms with van der Waals surface area (Å²) in [7, 11) is -3.95. The molecular formula is C36H31N4O7S2+. The fourth-order valence-corrected chi connectivity index (χ4v) is 7.03. The van der Waals surface area contributed by atoms with Crippen LogP contribution in [0.2, 0.25) is 0 Å². The molecule has 11 nitrogen and oxygen atoms in total. The standard InChI is InChI=1S/C36H30N4O7S2/c41-34(14-6-9-25-39-23-7-1-8-24-39)48-33-13-5-3-11-31(33)36(43)38-27-17-21-29(22-18-27)49(46,47)28-19-15-26(16-20-28)37-35(42)30-10-2-4-12-32(30)40(44)45/h1-5,7-8,10-13,15-24H,6,9,14,25H2,(H-,37,38,42,43)/p+1. The molecule has 0 atom stereocenters. The van der Waals surface area contributed by atoms with E-state index >= 15 is 0 Å². The quantitative estimate of drug-likeness (QED) is 0.0453. The molecule has 0 radical (unpaired) electrons. The molecule has 2 amide bonds. The van der Waals surface area contributed by atoms with E-state index in [0.717, 1.165) is 31.1 Å². The van der Waals surface area contributed by atoms with Crippen molar-refractivity contribution in [2.24, 2.45) is 0 Å². The number of carbonyl (C=O) groups excluding carboxylic acids is 3. The van der Waals surface area contributed by atoms with Gasteiger partial charge in [0.25, 0.3) is 17.5 Å². The Kier molecular flexibility index (Phi) is 11.3. The van der Waals surface area contributed by atoms with E-state index in [9.17, 15) is 32.9 Å². The molecule has 49 heavy (non-hydrogen) atoms. The lowest BCUT2D eigenvalue weighted by atomic mass is 10.1. The second-order valence-corrected chi connectivity index (χ2v) is 13.8. The average molecular weight is 696 g/mol. The lowest BCUT2D eigenvalue weighted by Crippen LogP contribution is -2.32. The Labute approximate surface area is 287 Å². The van der Waals surface area contributed by atoms with Crippen molar-refractivity contribution in [2.45, 2.75) is 40.5 Å². The van der Waals surface area contributed by atoms with E-state index in [0.29, 0.717) is 22.6 Å². The summed E-state index contributed by atoms with van der Waals surface area (Å²) in [6, 6.07) is 29.3. The van der Waals surface area contributed by atoms with Crippen LogP contribution >= 0.6 is 11.8 Å². The molecule has 0 saturated carbocycles. The summed E-state index contributed by atoms with van der Waals surface area (Å²) in [5.74, 6) is -1.15. The van der Waals surface area contributed by atoms with Gasteiger partial charge < -0.3 is 10.6 Å². The maximum Gasteiger partial charge on any atom is 0.282 e. The number of aryl methyl sites for hydroxylation is 1. The Morgan fingerprint density at radius 3 is 1.80 bits per heavy atom. The van der Waals surface area contributed by atoms with Crippen molar-refractivity contribution in [1.29, 1.82) is 0 Å². The van der Waals surface area contributed by atoms with Crippen LogP contribution in [-0.4, -0.2) is 30.3 Å².